The molecule has 0 radical (unpaired) electrons. The highest BCUT2D eigenvalue weighted by atomic mass is 32.2. The van der Waals surface area contributed by atoms with Crippen molar-refractivity contribution in [2.45, 2.75) is 42.6 Å². The fraction of sp³-hybridized carbons (Fsp3) is 0.846. The fourth-order valence-electron chi connectivity index (χ4n) is 3.52. The Kier molecular flexibility index (Phi) is 3.68. The molecule has 3 saturated heterocycles. The maximum atomic E-state index is 12.7. The van der Waals surface area contributed by atoms with Gasteiger partial charge in [-0.3, -0.25) is 9.59 Å². The predicted octanol–water partition coefficient (Wildman–Crippen LogP) is -0.671. The summed E-state index contributed by atoms with van der Waals surface area (Å²) in [7, 11) is 0. The van der Waals surface area contributed by atoms with E-state index in [2.05, 4.69) is 4.90 Å². The molecule has 0 aromatic heterocycles. The second kappa shape index (κ2) is 5.20. The molecular formula is C13H22N4O2S. The second-order valence-corrected chi connectivity index (χ2v) is 7.33. The Labute approximate surface area is 123 Å². The van der Waals surface area contributed by atoms with Crippen LogP contribution in [0.25, 0.3) is 0 Å². The van der Waals surface area contributed by atoms with Crippen LogP contribution in [0.4, 0.5) is 0 Å². The van der Waals surface area contributed by atoms with E-state index in [1.807, 2.05) is 0 Å². The monoisotopic (exact) mass is 298 g/mol. The van der Waals surface area contributed by atoms with Gasteiger partial charge in [-0.25, -0.2) is 0 Å². The van der Waals surface area contributed by atoms with Crippen molar-refractivity contribution < 1.29 is 9.59 Å². The minimum absolute atomic E-state index is 0.0230. The lowest BCUT2D eigenvalue weighted by atomic mass is 9.97. The average Bonchev–Trinajstić information content (AvgIpc) is 2.91. The van der Waals surface area contributed by atoms with Gasteiger partial charge in [0.05, 0.1) is 5.37 Å². The van der Waals surface area contributed by atoms with Gasteiger partial charge < -0.3 is 21.3 Å². The number of hydrogen-bond donors (Lipinski definition) is 2. The maximum Gasteiger partial charge on any atom is 0.245 e. The summed E-state index contributed by atoms with van der Waals surface area (Å²) in [5.41, 5.74) is 10.9. The second-order valence-electron chi connectivity index (χ2n) is 6.12. The van der Waals surface area contributed by atoms with E-state index in [0.717, 1.165) is 13.1 Å². The first-order chi connectivity index (χ1) is 9.51. The zero-order valence-corrected chi connectivity index (χ0v) is 12.4. The SMILES string of the molecule is NC(=O)[C@@H]1CSC2C[C@](N)(CN3CCCCC3)C(=O)N21. The number of primary amides is 1. The zero-order valence-electron chi connectivity index (χ0n) is 11.6. The molecular weight excluding hydrogens is 276 g/mol. The van der Waals surface area contributed by atoms with Crippen LogP contribution in [0, 0.1) is 0 Å². The predicted molar refractivity (Wildman–Crippen MR) is 77.9 cm³/mol. The first-order valence-corrected chi connectivity index (χ1v) is 8.31. The van der Waals surface area contributed by atoms with Crippen molar-refractivity contribution in [2.24, 2.45) is 11.5 Å². The van der Waals surface area contributed by atoms with Gasteiger partial charge in [0.1, 0.15) is 11.6 Å². The van der Waals surface area contributed by atoms with E-state index in [0.29, 0.717) is 18.7 Å². The summed E-state index contributed by atoms with van der Waals surface area (Å²) in [6.07, 6.45) is 4.24. The molecule has 0 saturated carbocycles. The minimum Gasteiger partial charge on any atom is -0.368 e. The molecule has 0 spiro atoms. The third-order valence-corrected chi connectivity index (χ3v) is 5.86. The van der Waals surface area contributed by atoms with E-state index in [4.69, 9.17) is 11.5 Å². The van der Waals surface area contributed by atoms with E-state index in [1.54, 1.807) is 16.7 Å². The third kappa shape index (κ3) is 2.31. The molecule has 0 bridgehead atoms. The number of thioether (sulfide) groups is 1. The number of carbonyl (C=O) groups excluding carboxylic acids is 2. The fourth-order valence-corrected chi connectivity index (χ4v) is 5.06. The Morgan fingerprint density at radius 2 is 2.05 bits per heavy atom. The topological polar surface area (TPSA) is 92.7 Å². The standard InChI is InChI=1S/C13H22N4O2S/c14-11(18)9-7-20-10-6-13(15,12(19)17(9)10)8-16-4-2-1-3-5-16/h9-10H,1-8,15H2,(H2,14,18)/t9-,10?,13-/m0/s1. The molecule has 1 unspecified atom stereocenters. The molecule has 3 heterocycles. The Hall–Kier alpha value is -0.790. The Morgan fingerprint density at radius 1 is 1.35 bits per heavy atom. The van der Waals surface area contributed by atoms with Crippen molar-refractivity contribution in [1.82, 2.24) is 9.80 Å². The molecule has 2 amide bonds. The van der Waals surface area contributed by atoms with Crippen LogP contribution >= 0.6 is 11.8 Å². The first-order valence-electron chi connectivity index (χ1n) is 7.26. The minimum atomic E-state index is -0.844. The summed E-state index contributed by atoms with van der Waals surface area (Å²) < 4.78 is 0. The highest BCUT2D eigenvalue weighted by Crippen LogP contribution is 2.41. The van der Waals surface area contributed by atoms with Crippen molar-refractivity contribution in [1.29, 1.82) is 0 Å². The molecule has 6 nitrogen and oxygen atoms in total. The van der Waals surface area contributed by atoms with Gasteiger partial charge in [-0.15, -0.1) is 11.8 Å². The highest BCUT2D eigenvalue weighted by molar-refractivity contribution is 8.00. The molecule has 3 rings (SSSR count). The summed E-state index contributed by atoms with van der Waals surface area (Å²) in [5, 5.41) is 0.0230. The molecule has 3 aliphatic heterocycles. The summed E-state index contributed by atoms with van der Waals surface area (Å²) in [6, 6.07) is -0.482. The van der Waals surface area contributed by atoms with Gasteiger partial charge in [0.15, 0.2) is 0 Å². The van der Waals surface area contributed by atoms with Crippen LogP contribution in [-0.2, 0) is 9.59 Å². The van der Waals surface area contributed by atoms with E-state index >= 15 is 0 Å². The van der Waals surface area contributed by atoms with Crippen LogP contribution in [0.15, 0.2) is 0 Å². The number of nitrogens with zero attached hydrogens (tertiary/aromatic N) is 2. The molecule has 4 N–H and O–H groups in total. The Morgan fingerprint density at radius 3 is 2.70 bits per heavy atom. The van der Waals surface area contributed by atoms with Crippen molar-refractivity contribution in [3.05, 3.63) is 0 Å². The van der Waals surface area contributed by atoms with Gasteiger partial charge in [0.25, 0.3) is 0 Å². The van der Waals surface area contributed by atoms with Gasteiger partial charge in [-0.2, -0.15) is 0 Å². The average molecular weight is 298 g/mol. The number of rotatable bonds is 3. The molecule has 0 aromatic rings. The lowest BCUT2D eigenvalue weighted by Crippen LogP contribution is -2.58. The number of hydrogen-bond acceptors (Lipinski definition) is 5. The highest BCUT2D eigenvalue weighted by Gasteiger charge is 2.56. The smallest absolute Gasteiger partial charge is 0.245 e. The van der Waals surface area contributed by atoms with Crippen molar-refractivity contribution in [3.63, 3.8) is 0 Å². The van der Waals surface area contributed by atoms with Crippen LogP contribution in [0.5, 0.6) is 0 Å². The molecule has 3 atom stereocenters. The Bertz CT molecular complexity index is 427. The first kappa shape index (κ1) is 14.2. The maximum absolute atomic E-state index is 12.7. The molecule has 0 aromatic carbocycles. The summed E-state index contributed by atoms with van der Waals surface area (Å²) in [6.45, 7) is 2.64. The van der Waals surface area contributed by atoms with Gasteiger partial charge in [-0.05, 0) is 25.9 Å². The number of piperidine rings is 1. The molecule has 7 heteroatoms. The van der Waals surface area contributed by atoms with Crippen LogP contribution in [0.1, 0.15) is 25.7 Å². The van der Waals surface area contributed by atoms with Gasteiger partial charge in [-0.1, -0.05) is 6.42 Å². The Balaban J connectivity index is 1.72. The van der Waals surface area contributed by atoms with Gasteiger partial charge in [0, 0.05) is 18.7 Å². The summed E-state index contributed by atoms with van der Waals surface area (Å²) in [5.74, 6) is 0.0865. The van der Waals surface area contributed by atoms with E-state index in [-0.39, 0.29) is 11.3 Å². The molecule has 0 aliphatic carbocycles. The van der Waals surface area contributed by atoms with Crippen LogP contribution in [0.3, 0.4) is 0 Å². The lowest BCUT2D eigenvalue weighted by Gasteiger charge is -2.34. The largest absolute Gasteiger partial charge is 0.368 e. The lowest BCUT2D eigenvalue weighted by molar-refractivity contribution is -0.138. The molecule has 3 fully saturated rings. The zero-order chi connectivity index (χ0) is 14.3. The third-order valence-electron chi connectivity index (χ3n) is 4.57. The van der Waals surface area contributed by atoms with Crippen molar-refractivity contribution in [3.8, 4) is 0 Å². The van der Waals surface area contributed by atoms with E-state index < -0.39 is 17.5 Å². The normalized spacial score (nSPS) is 38.2. The summed E-state index contributed by atoms with van der Waals surface area (Å²) >= 11 is 1.62. The van der Waals surface area contributed by atoms with Crippen LogP contribution in [-0.4, -0.2) is 64.0 Å². The van der Waals surface area contributed by atoms with Gasteiger partial charge in [0.2, 0.25) is 11.8 Å². The number of carbonyl (C=O) groups is 2. The number of fused-ring (bicyclic) bond motifs is 1. The van der Waals surface area contributed by atoms with Crippen LogP contribution in [0.2, 0.25) is 0 Å². The molecule has 112 valence electrons. The van der Waals surface area contributed by atoms with Gasteiger partial charge >= 0.3 is 0 Å². The number of likely N-dealkylation sites (tertiary alicyclic amines) is 1. The number of nitrogens with two attached hydrogens (primary N) is 2. The van der Waals surface area contributed by atoms with Crippen molar-refractivity contribution >= 4 is 23.6 Å². The van der Waals surface area contributed by atoms with Crippen LogP contribution < -0.4 is 11.5 Å². The number of amides is 2. The van der Waals surface area contributed by atoms with E-state index in [1.165, 1.54) is 19.3 Å². The quantitative estimate of drug-likeness (QED) is 0.721. The van der Waals surface area contributed by atoms with E-state index in [9.17, 15) is 9.59 Å². The van der Waals surface area contributed by atoms with Crippen molar-refractivity contribution in [2.75, 3.05) is 25.4 Å². The summed E-state index contributed by atoms with van der Waals surface area (Å²) in [4.78, 5) is 28.0. The molecule has 20 heavy (non-hydrogen) atoms. The molecule has 3 aliphatic rings.